The van der Waals surface area contributed by atoms with E-state index in [0.717, 1.165) is 4.43 Å². The first-order valence-corrected chi connectivity index (χ1v) is 5.88. The van der Waals surface area contributed by atoms with Crippen LogP contribution in [0.25, 0.3) is 0 Å². The van der Waals surface area contributed by atoms with Gasteiger partial charge in [-0.05, 0) is 18.2 Å². The quantitative estimate of drug-likeness (QED) is 0.661. The number of hydrogen-bond donors (Lipinski definition) is 2. The number of phenols is 1. The number of carbonyl (C=O) groups excluding carboxylic acids is 1. The lowest BCUT2D eigenvalue weighted by atomic mass is 10.2. The number of nitrogens with one attached hydrogen (secondary N) is 1. The van der Waals surface area contributed by atoms with Crippen molar-refractivity contribution >= 4 is 40.1 Å². The number of aromatic hydroxyl groups is 1. The largest absolute Gasteiger partial charge is 0.507 e. The van der Waals surface area contributed by atoms with Gasteiger partial charge in [-0.25, -0.2) is 0 Å². The third kappa shape index (κ3) is 3.02. The standard InChI is InChI=1S/C9H9ClINO2/c10-6-1-2-8(13)7(5-6)9(14)12-4-3-11/h1-2,5,13H,3-4H2,(H,12,14). The van der Waals surface area contributed by atoms with Crippen LogP contribution in [0.2, 0.25) is 5.02 Å². The van der Waals surface area contributed by atoms with Gasteiger partial charge in [0.15, 0.2) is 0 Å². The number of amides is 1. The van der Waals surface area contributed by atoms with Crippen molar-refractivity contribution < 1.29 is 9.90 Å². The first-order chi connectivity index (χ1) is 6.65. The summed E-state index contributed by atoms with van der Waals surface area (Å²) in [6.45, 7) is 0.575. The molecule has 14 heavy (non-hydrogen) atoms. The summed E-state index contributed by atoms with van der Waals surface area (Å²) in [6, 6.07) is 4.38. The Morgan fingerprint density at radius 3 is 2.93 bits per heavy atom. The van der Waals surface area contributed by atoms with Crippen molar-refractivity contribution in [3.63, 3.8) is 0 Å². The molecule has 76 valence electrons. The molecule has 0 spiro atoms. The molecule has 5 heteroatoms. The molecule has 1 aromatic rings. The highest BCUT2D eigenvalue weighted by molar-refractivity contribution is 14.1. The summed E-state index contributed by atoms with van der Waals surface area (Å²) in [5, 5.41) is 12.5. The smallest absolute Gasteiger partial charge is 0.255 e. The molecule has 1 aromatic carbocycles. The molecule has 0 bridgehead atoms. The van der Waals surface area contributed by atoms with Crippen LogP contribution in [-0.2, 0) is 0 Å². The summed E-state index contributed by atoms with van der Waals surface area (Å²) in [4.78, 5) is 11.4. The van der Waals surface area contributed by atoms with E-state index in [1.807, 2.05) is 0 Å². The van der Waals surface area contributed by atoms with Crippen molar-refractivity contribution in [3.05, 3.63) is 28.8 Å². The van der Waals surface area contributed by atoms with Crippen LogP contribution in [-0.4, -0.2) is 22.0 Å². The third-order valence-electron chi connectivity index (χ3n) is 1.58. The molecule has 0 radical (unpaired) electrons. The van der Waals surface area contributed by atoms with Crippen LogP contribution in [0.4, 0.5) is 0 Å². The van der Waals surface area contributed by atoms with Crippen molar-refractivity contribution in [2.45, 2.75) is 0 Å². The van der Waals surface area contributed by atoms with Gasteiger partial charge in [0.25, 0.3) is 5.91 Å². The summed E-state index contributed by atoms with van der Waals surface area (Å²) in [6.07, 6.45) is 0. The fourth-order valence-corrected chi connectivity index (χ4v) is 1.39. The minimum absolute atomic E-state index is 0.0552. The van der Waals surface area contributed by atoms with E-state index < -0.39 is 0 Å². The molecule has 2 N–H and O–H groups in total. The van der Waals surface area contributed by atoms with E-state index >= 15 is 0 Å². The Balaban J connectivity index is 2.83. The molecule has 0 saturated heterocycles. The number of benzene rings is 1. The van der Waals surface area contributed by atoms with Gasteiger partial charge in [0, 0.05) is 16.0 Å². The Hall–Kier alpha value is -0.490. The van der Waals surface area contributed by atoms with Gasteiger partial charge in [0.2, 0.25) is 0 Å². The van der Waals surface area contributed by atoms with E-state index in [1.165, 1.54) is 18.2 Å². The predicted octanol–water partition coefficient (Wildman–Crippen LogP) is 2.21. The molecule has 0 unspecified atom stereocenters. The van der Waals surface area contributed by atoms with Crippen molar-refractivity contribution in [1.82, 2.24) is 5.32 Å². The predicted molar refractivity (Wildman–Crippen MR) is 64.3 cm³/mol. The van der Waals surface area contributed by atoms with Gasteiger partial charge < -0.3 is 10.4 Å². The molecule has 0 fully saturated rings. The van der Waals surface area contributed by atoms with Gasteiger partial charge in [-0.3, -0.25) is 4.79 Å². The summed E-state index contributed by atoms with van der Waals surface area (Å²) in [5.41, 5.74) is 0.211. The average Bonchev–Trinajstić information content (AvgIpc) is 2.18. The van der Waals surface area contributed by atoms with Crippen molar-refractivity contribution in [2.24, 2.45) is 0 Å². The normalized spacial score (nSPS) is 9.86. The maximum atomic E-state index is 11.4. The summed E-state index contributed by atoms with van der Waals surface area (Å²) in [7, 11) is 0. The van der Waals surface area contributed by atoms with Gasteiger partial charge in [-0.1, -0.05) is 34.2 Å². The van der Waals surface area contributed by atoms with E-state index in [4.69, 9.17) is 11.6 Å². The number of carbonyl (C=O) groups is 1. The molecule has 0 saturated carbocycles. The minimum atomic E-state index is -0.304. The molecule has 1 amide bonds. The molecule has 1 rings (SSSR count). The number of rotatable bonds is 3. The molecule has 0 atom stereocenters. The van der Waals surface area contributed by atoms with Crippen LogP contribution < -0.4 is 5.32 Å². The van der Waals surface area contributed by atoms with E-state index in [0.29, 0.717) is 11.6 Å². The lowest BCUT2D eigenvalue weighted by Crippen LogP contribution is -2.25. The van der Waals surface area contributed by atoms with Crippen LogP contribution in [0.15, 0.2) is 18.2 Å². The van der Waals surface area contributed by atoms with Gasteiger partial charge >= 0.3 is 0 Å². The number of alkyl halides is 1. The van der Waals surface area contributed by atoms with Crippen LogP contribution in [0, 0.1) is 0 Å². The Morgan fingerprint density at radius 2 is 2.29 bits per heavy atom. The zero-order valence-corrected chi connectivity index (χ0v) is 10.2. The first-order valence-electron chi connectivity index (χ1n) is 3.98. The van der Waals surface area contributed by atoms with Crippen LogP contribution >= 0.6 is 34.2 Å². The zero-order valence-electron chi connectivity index (χ0n) is 7.26. The molecule has 0 aliphatic heterocycles. The highest BCUT2D eigenvalue weighted by Gasteiger charge is 2.10. The Kier molecular flexibility index (Phi) is 4.47. The number of phenolic OH excluding ortho intramolecular Hbond substituents is 1. The Bertz CT molecular complexity index is 344. The molecular formula is C9H9ClINO2. The van der Waals surface area contributed by atoms with Crippen molar-refractivity contribution in [2.75, 3.05) is 11.0 Å². The summed E-state index contributed by atoms with van der Waals surface area (Å²) in [5.74, 6) is -0.359. The molecule has 3 nitrogen and oxygen atoms in total. The van der Waals surface area contributed by atoms with E-state index in [9.17, 15) is 9.90 Å². The molecule has 0 aliphatic carbocycles. The lowest BCUT2D eigenvalue weighted by Gasteiger charge is -2.05. The second kappa shape index (κ2) is 5.41. The van der Waals surface area contributed by atoms with Gasteiger partial charge in [0.05, 0.1) is 5.56 Å². The minimum Gasteiger partial charge on any atom is -0.507 e. The van der Waals surface area contributed by atoms with Crippen LogP contribution in [0.5, 0.6) is 5.75 Å². The SMILES string of the molecule is O=C(NCCI)c1cc(Cl)ccc1O. The van der Waals surface area contributed by atoms with Gasteiger partial charge in [-0.15, -0.1) is 0 Å². The third-order valence-corrected chi connectivity index (χ3v) is 2.36. The van der Waals surface area contributed by atoms with E-state index in [1.54, 1.807) is 0 Å². The van der Waals surface area contributed by atoms with E-state index in [2.05, 4.69) is 27.9 Å². The van der Waals surface area contributed by atoms with Crippen LogP contribution in [0.1, 0.15) is 10.4 Å². The lowest BCUT2D eigenvalue weighted by molar-refractivity contribution is 0.0954. The highest BCUT2D eigenvalue weighted by Crippen LogP contribution is 2.20. The highest BCUT2D eigenvalue weighted by atomic mass is 127. The molecule has 0 aliphatic rings. The summed E-state index contributed by atoms with van der Waals surface area (Å²) >= 11 is 7.85. The molecular weight excluding hydrogens is 316 g/mol. The van der Waals surface area contributed by atoms with Gasteiger partial charge in [0.1, 0.15) is 5.75 Å². The number of halogens is 2. The topological polar surface area (TPSA) is 49.3 Å². The van der Waals surface area contributed by atoms with Crippen molar-refractivity contribution in [1.29, 1.82) is 0 Å². The second-order valence-corrected chi connectivity index (χ2v) is 4.12. The zero-order chi connectivity index (χ0) is 10.6. The number of hydrogen-bond acceptors (Lipinski definition) is 2. The Labute approximate surface area is 101 Å². The summed E-state index contributed by atoms with van der Waals surface area (Å²) < 4.78 is 0.824. The fraction of sp³-hybridized carbons (Fsp3) is 0.222. The van der Waals surface area contributed by atoms with Gasteiger partial charge in [-0.2, -0.15) is 0 Å². The van der Waals surface area contributed by atoms with Crippen molar-refractivity contribution in [3.8, 4) is 5.75 Å². The maximum absolute atomic E-state index is 11.4. The average molecular weight is 326 g/mol. The maximum Gasteiger partial charge on any atom is 0.255 e. The van der Waals surface area contributed by atoms with Crippen LogP contribution in [0.3, 0.4) is 0 Å². The monoisotopic (exact) mass is 325 g/mol. The second-order valence-electron chi connectivity index (χ2n) is 2.61. The van der Waals surface area contributed by atoms with E-state index in [-0.39, 0.29) is 17.2 Å². The molecule has 0 heterocycles. The fourth-order valence-electron chi connectivity index (χ4n) is 0.946. The molecule has 0 aromatic heterocycles. The first kappa shape index (κ1) is 11.6. The Morgan fingerprint density at radius 1 is 1.57 bits per heavy atom.